The summed E-state index contributed by atoms with van der Waals surface area (Å²) in [6.45, 7) is 2.86. The van der Waals surface area contributed by atoms with Crippen LogP contribution in [0.5, 0.6) is 0 Å². The first-order valence-corrected chi connectivity index (χ1v) is 20.1. The molecule has 0 aliphatic carbocycles. The van der Waals surface area contributed by atoms with Gasteiger partial charge >= 0.3 is 29.6 Å². The number of hydrogen-bond donors (Lipinski definition) is 0. The largest absolute Gasteiger partial charge is 1.00 e. The second-order valence-electron chi connectivity index (χ2n) is 11.3. The Kier molecular flexibility index (Phi) is 11.9. The first kappa shape index (κ1) is 36.8. The quantitative estimate of drug-likeness (QED) is 0.0813. The van der Waals surface area contributed by atoms with E-state index < -0.39 is 31.7 Å². The van der Waals surface area contributed by atoms with Crippen LogP contribution in [0.15, 0.2) is 107 Å². The molecule has 0 amide bonds. The van der Waals surface area contributed by atoms with Crippen molar-refractivity contribution in [2.75, 3.05) is 23.0 Å². The van der Waals surface area contributed by atoms with Crippen molar-refractivity contribution in [2.24, 2.45) is 0 Å². The van der Waals surface area contributed by atoms with E-state index in [1.54, 1.807) is 23.1 Å². The number of anilines is 1. The second kappa shape index (κ2) is 15.6. The molecule has 1 aromatic heterocycles. The maximum atomic E-state index is 11.3. The number of hydrogen-bond acceptors (Lipinski definition) is 9. The van der Waals surface area contributed by atoms with Crippen LogP contribution in [0.3, 0.4) is 0 Å². The van der Waals surface area contributed by atoms with Gasteiger partial charge in [0, 0.05) is 41.5 Å². The van der Waals surface area contributed by atoms with E-state index in [1.807, 2.05) is 48.6 Å². The predicted octanol–water partition coefficient (Wildman–Crippen LogP) is 4.17. The number of allylic oxidation sites excluding steroid dienone is 4. The topological polar surface area (TPSA) is 122 Å². The molecule has 13 heteroatoms. The Morgan fingerprint density at radius 1 is 0.854 bits per heavy atom. The SMILES string of the molecule is CCC(/C=C/c1sc2cc3ccccc3cc2[n+]1CCCS(=O)(=O)[O-])=C\C=C1/Sc2cc3ccccc3cc2N1CCCS(=O)(=O)[O-].[Na+]. The van der Waals surface area contributed by atoms with Gasteiger partial charge in [-0.05, 0) is 64.2 Å². The number of benzene rings is 4. The maximum absolute atomic E-state index is 11.3. The van der Waals surface area contributed by atoms with Crippen LogP contribution in [0.25, 0.3) is 37.8 Å². The Labute approximate surface area is 311 Å². The molecule has 0 saturated carbocycles. The van der Waals surface area contributed by atoms with Crippen LogP contribution in [0.4, 0.5) is 5.69 Å². The molecule has 1 aliphatic heterocycles. The van der Waals surface area contributed by atoms with Crippen molar-refractivity contribution >= 4 is 86.9 Å². The summed E-state index contributed by atoms with van der Waals surface area (Å²) < 4.78 is 71.2. The summed E-state index contributed by atoms with van der Waals surface area (Å²) in [4.78, 5) is 3.15. The summed E-state index contributed by atoms with van der Waals surface area (Å²) in [5.74, 6) is -0.844. The third-order valence-electron chi connectivity index (χ3n) is 8.04. The van der Waals surface area contributed by atoms with Crippen molar-refractivity contribution in [1.82, 2.24) is 0 Å². The van der Waals surface area contributed by atoms with Gasteiger partial charge in [0.05, 0.1) is 31.0 Å². The van der Waals surface area contributed by atoms with Crippen LogP contribution in [0.1, 0.15) is 31.2 Å². The third kappa shape index (κ3) is 8.98. The molecule has 0 saturated heterocycles. The zero-order chi connectivity index (χ0) is 33.2. The summed E-state index contributed by atoms with van der Waals surface area (Å²) in [5, 5.41) is 6.29. The molecule has 48 heavy (non-hydrogen) atoms. The molecular weight excluding hydrogens is 696 g/mol. The van der Waals surface area contributed by atoms with Crippen molar-refractivity contribution in [3.8, 4) is 0 Å². The fourth-order valence-corrected chi connectivity index (χ4v) is 8.94. The summed E-state index contributed by atoms with van der Waals surface area (Å²) in [7, 11) is -8.63. The molecule has 0 spiro atoms. The van der Waals surface area contributed by atoms with Gasteiger partial charge in [-0.25, -0.2) is 16.8 Å². The summed E-state index contributed by atoms with van der Waals surface area (Å²) >= 11 is 3.23. The number of thiazole rings is 1. The zero-order valence-corrected chi connectivity index (χ0v) is 31.9. The van der Waals surface area contributed by atoms with Crippen molar-refractivity contribution in [3.63, 3.8) is 0 Å². The fourth-order valence-electron chi connectivity index (χ4n) is 5.73. The van der Waals surface area contributed by atoms with Gasteiger partial charge in [0.2, 0.25) is 5.52 Å². The smallest absolute Gasteiger partial charge is 0.748 e. The molecule has 244 valence electrons. The third-order valence-corrected chi connectivity index (χ3v) is 11.8. The minimum atomic E-state index is -4.32. The van der Waals surface area contributed by atoms with Gasteiger partial charge in [-0.2, -0.15) is 4.57 Å². The van der Waals surface area contributed by atoms with E-state index >= 15 is 0 Å². The molecule has 5 aromatic rings. The number of thioether (sulfide) groups is 1. The van der Waals surface area contributed by atoms with Crippen LogP contribution in [0, 0.1) is 0 Å². The Morgan fingerprint density at radius 3 is 2.10 bits per heavy atom. The Hall–Kier alpha value is -2.52. The average molecular weight is 729 g/mol. The van der Waals surface area contributed by atoms with E-state index in [4.69, 9.17) is 0 Å². The molecule has 0 fully saturated rings. The van der Waals surface area contributed by atoms with Crippen LogP contribution in [-0.2, 0) is 26.8 Å². The molecule has 0 bridgehead atoms. The minimum Gasteiger partial charge on any atom is -0.748 e. The van der Waals surface area contributed by atoms with E-state index in [2.05, 4.69) is 64.9 Å². The Morgan fingerprint density at radius 2 is 1.46 bits per heavy atom. The van der Waals surface area contributed by atoms with Gasteiger partial charge in [0.1, 0.15) is 4.70 Å². The number of aromatic nitrogens is 1. The molecule has 4 aromatic carbocycles. The van der Waals surface area contributed by atoms with Gasteiger partial charge < -0.3 is 14.0 Å². The van der Waals surface area contributed by atoms with Gasteiger partial charge in [0.25, 0.3) is 5.01 Å². The molecule has 6 rings (SSSR count). The number of aryl methyl sites for hydroxylation is 1. The molecule has 0 unspecified atom stereocenters. The first-order chi connectivity index (χ1) is 22.5. The molecule has 0 atom stereocenters. The van der Waals surface area contributed by atoms with Gasteiger partial charge in [-0.15, -0.1) is 0 Å². The molecule has 8 nitrogen and oxygen atoms in total. The van der Waals surface area contributed by atoms with Crippen molar-refractivity contribution in [3.05, 3.63) is 107 Å². The molecule has 1 aliphatic rings. The van der Waals surface area contributed by atoms with Crippen LogP contribution in [-0.4, -0.2) is 44.0 Å². The van der Waals surface area contributed by atoms with Crippen molar-refractivity contribution in [1.29, 1.82) is 0 Å². The Bertz CT molecular complexity index is 2300. The maximum Gasteiger partial charge on any atom is 1.00 e. The molecule has 0 N–H and O–H groups in total. The van der Waals surface area contributed by atoms with Gasteiger partial charge in [0.15, 0.2) is 6.54 Å². The van der Waals surface area contributed by atoms with Crippen LogP contribution in [0.2, 0.25) is 0 Å². The van der Waals surface area contributed by atoms with E-state index in [1.165, 1.54) is 0 Å². The van der Waals surface area contributed by atoms with Crippen molar-refractivity contribution in [2.45, 2.75) is 37.6 Å². The normalized spacial score (nSPS) is 14.9. The van der Waals surface area contributed by atoms with Crippen molar-refractivity contribution < 1.29 is 60.1 Å². The van der Waals surface area contributed by atoms with Crippen LogP contribution >= 0.6 is 23.1 Å². The molecule has 0 radical (unpaired) electrons. The summed E-state index contributed by atoms with van der Waals surface area (Å²) in [6, 6.07) is 24.7. The van der Waals surface area contributed by atoms with Crippen LogP contribution < -0.4 is 39.0 Å². The second-order valence-corrected chi connectivity index (χ2v) is 16.5. The summed E-state index contributed by atoms with van der Waals surface area (Å²) in [5.41, 5.74) is 3.03. The molecule has 2 heterocycles. The standard InChI is InChI=1S/C35H34N2O6S4.Na/c1-2-25(13-15-34-36(17-7-19-46(38,39)40)30-21-26-9-3-5-11-28(26)23-32(30)44-34)14-16-35-37(18-8-20-47(41,42)43)31-22-27-10-4-6-12-29(27)24-33(31)45-35;/h3-6,9-16,21-24H,2,7-8,17-20H2,1H3,(H-,38,39,40,41,42,43);/q;+1/p-1. The van der Waals surface area contributed by atoms with Gasteiger partial charge in [-0.1, -0.05) is 90.7 Å². The minimum absolute atomic E-state index is 0. The van der Waals surface area contributed by atoms with E-state index in [-0.39, 0.29) is 42.4 Å². The number of rotatable bonds is 12. The average Bonchev–Trinajstić information content (AvgIpc) is 3.53. The van der Waals surface area contributed by atoms with E-state index in [0.29, 0.717) is 13.1 Å². The number of fused-ring (bicyclic) bond motifs is 4. The Balaban J connectivity index is 0.00000451. The number of nitrogens with zero attached hydrogens (tertiary/aromatic N) is 2. The zero-order valence-electron chi connectivity index (χ0n) is 26.7. The van der Waals surface area contributed by atoms with Gasteiger partial charge in [-0.3, -0.25) is 0 Å². The van der Waals surface area contributed by atoms with E-state index in [0.717, 1.165) is 64.4 Å². The summed E-state index contributed by atoms with van der Waals surface area (Å²) in [6.07, 6.45) is 9.36. The first-order valence-electron chi connectivity index (χ1n) is 15.3. The molecular formula is C35H33N2NaO6S4. The monoisotopic (exact) mass is 728 g/mol. The fraction of sp³-hybridized carbons (Fsp3) is 0.229. The van der Waals surface area contributed by atoms with E-state index in [9.17, 15) is 25.9 Å². The predicted molar refractivity (Wildman–Crippen MR) is 191 cm³/mol.